The van der Waals surface area contributed by atoms with Gasteiger partial charge in [0.05, 0.1) is 5.69 Å². The first-order valence-corrected chi connectivity index (χ1v) is 8.97. The second-order valence-corrected chi connectivity index (χ2v) is 7.21. The number of para-hydroxylation sites is 1. The second-order valence-electron chi connectivity index (χ2n) is 6.48. The van der Waals surface area contributed by atoms with Crippen LogP contribution in [-0.2, 0) is 6.42 Å². The highest BCUT2D eigenvalue weighted by Crippen LogP contribution is 2.25. The van der Waals surface area contributed by atoms with E-state index in [1.165, 1.54) is 17.6 Å². The molecule has 0 atom stereocenters. The highest BCUT2D eigenvalue weighted by molar-refractivity contribution is 7.09. The predicted octanol–water partition coefficient (Wildman–Crippen LogP) is 3.96. The van der Waals surface area contributed by atoms with Crippen LogP contribution >= 0.6 is 11.5 Å². The first-order valence-electron chi connectivity index (χ1n) is 8.20. The van der Waals surface area contributed by atoms with Crippen LogP contribution in [0.1, 0.15) is 32.5 Å². The van der Waals surface area contributed by atoms with Gasteiger partial charge in [-0.3, -0.25) is 0 Å². The summed E-state index contributed by atoms with van der Waals surface area (Å²) in [5.41, 5.74) is 0.598. The lowest BCUT2D eigenvalue weighted by molar-refractivity contribution is 0.521. The Kier molecular flexibility index (Phi) is 5.10. The molecular formula is C17H23FN4S. The van der Waals surface area contributed by atoms with Gasteiger partial charge in [-0.25, -0.2) is 9.37 Å². The summed E-state index contributed by atoms with van der Waals surface area (Å²) in [6.07, 6.45) is 2.89. The van der Waals surface area contributed by atoms with Crippen LogP contribution in [0.15, 0.2) is 24.3 Å². The minimum absolute atomic E-state index is 0.183. The number of nitrogens with one attached hydrogen (secondary N) is 1. The van der Waals surface area contributed by atoms with Crippen LogP contribution in [0, 0.1) is 11.7 Å². The van der Waals surface area contributed by atoms with E-state index in [9.17, 15) is 4.39 Å². The van der Waals surface area contributed by atoms with E-state index < -0.39 is 0 Å². The smallest absolute Gasteiger partial charge is 0.205 e. The minimum atomic E-state index is -0.183. The van der Waals surface area contributed by atoms with Gasteiger partial charge < -0.3 is 10.2 Å². The van der Waals surface area contributed by atoms with Crippen LogP contribution in [0.4, 0.5) is 15.2 Å². The molecule has 1 aromatic carbocycles. The van der Waals surface area contributed by atoms with Gasteiger partial charge in [-0.2, -0.15) is 4.37 Å². The Morgan fingerprint density at radius 3 is 2.74 bits per heavy atom. The van der Waals surface area contributed by atoms with Crippen molar-refractivity contribution in [1.29, 1.82) is 0 Å². The molecule has 3 rings (SSSR count). The summed E-state index contributed by atoms with van der Waals surface area (Å²) in [7, 11) is 0. The van der Waals surface area contributed by atoms with Crippen molar-refractivity contribution in [3.8, 4) is 0 Å². The first kappa shape index (κ1) is 16.2. The van der Waals surface area contributed by atoms with Gasteiger partial charge in [0, 0.05) is 37.1 Å². The molecule has 1 fully saturated rings. The number of hydrogen-bond acceptors (Lipinski definition) is 5. The van der Waals surface area contributed by atoms with Crippen molar-refractivity contribution in [2.45, 2.75) is 39.2 Å². The molecule has 0 spiro atoms. The molecular weight excluding hydrogens is 311 g/mol. The normalized spacial score (nSPS) is 16.1. The number of piperidine rings is 1. The molecule has 1 aromatic heterocycles. The summed E-state index contributed by atoms with van der Waals surface area (Å²) < 4.78 is 18.2. The van der Waals surface area contributed by atoms with Crippen molar-refractivity contribution in [3.63, 3.8) is 0 Å². The standard InChI is InChI=1S/C17H23FN4S/c1-12(2)11-16-20-17(23-21-16)22-9-7-13(8-10-22)19-15-6-4-3-5-14(15)18/h3-6,12-13,19H,7-11H2,1-2H3. The summed E-state index contributed by atoms with van der Waals surface area (Å²) in [5, 5.41) is 4.34. The van der Waals surface area contributed by atoms with Gasteiger partial charge in [-0.05, 0) is 30.9 Å². The third-order valence-electron chi connectivity index (χ3n) is 4.05. The summed E-state index contributed by atoms with van der Waals surface area (Å²) >= 11 is 1.49. The molecule has 1 N–H and O–H groups in total. The van der Waals surface area contributed by atoms with Gasteiger partial charge in [0.15, 0.2) is 0 Å². The molecule has 2 heterocycles. The fraction of sp³-hybridized carbons (Fsp3) is 0.529. The Balaban J connectivity index is 1.54. The van der Waals surface area contributed by atoms with E-state index in [0.29, 0.717) is 17.6 Å². The molecule has 4 nitrogen and oxygen atoms in total. The summed E-state index contributed by atoms with van der Waals surface area (Å²) in [4.78, 5) is 6.94. The van der Waals surface area contributed by atoms with Gasteiger partial charge in [-0.1, -0.05) is 26.0 Å². The van der Waals surface area contributed by atoms with E-state index in [2.05, 4.69) is 33.4 Å². The van der Waals surface area contributed by atoms with Crippen molar-refractivity contribution in [1.82, 2.24) is 9.36 Å². The molecule has 0 bridgehead atoms. The topological polar surface area (TPSA) is 41.1 Å². The SMILES string of the molecule is CC(C)Cc1nsc(N2CCC(Nc3ccccc3F)CC2)n1. The van der Waals surface area contributed by atoms with Crippen LogP contribution in [0.25, 0.3) is 0 Å². The lowest BCUT2D eigenvalue weighted by Gasteiger charge is -2.32. The van der Waals surface area contributed by atoms with Crippen molar-refractivity contribution < 1.29 is 4.39 Å². The van der Waals surface area contributed by atoms with Crippen molar-refractivity contribution in [2.24, 2.45) is 5.92 Å². The van der Waals surface area contributed by atoms with Gasteiger partial charge in [0.25, 0.3) is 0 Å². The van der Waals surface area contributed by atoms with Gasteiger partial charge in [0.2, 0.25) is 5.13 Å². The van der Waals surface area contributed by atoms with Crippen molar-refractivity contribution >= 4 is 22.4 Å². The highest BCUT2D eigenvalue weighted by atomic mass is 32.1. The van der Waals surface area contributed by atoms with E-state index >= 15 is 0 Å². The number of nitrogens with zero attached hydrogens (tertiary/aromatic N) is 3. The molecule has 1 saturated heterocycles. The van der Waals surface area contributed by atoms with Crippen LogP contribution in [0.2, 0.25) is 0 Å². The maximum Gasteiger partial charge on any atom is 0.205 e. The van der Waals surface area contributed by atoms with Crippen molar-refractivity contribution in [3.05, 3.63) is 35.9 Å². The van der Waals surface area contributed by atoms with E-state index in [-0.39, 0.29) is 5.82 Å². The third-order valence-corrected chi connectivity index (χ3v) is 4.86. The van der Waals surface area contributed by atoms with E-state index in [1.54, 1.807) is 12.1 Å². The van der Waals surface area contributed by atoms with Gasteiger partial charge in [0.1, 0.15) is 11.6 Å². The molecule has 0 saturated carbocycles. The number of halogens is 1. The lowest BCUT2D eigenvalue weighted by Crippen LogP contribution is -2.39. The van der Waals surface area contributed by atoms with Crippen LogP contribution < -0.4 is 10.2 Å². The largest absolute Gasteiger partial charge is 0.380 e. The number of hydrogen-bond donors (Lipinski definition) is 1. The molecule has 0 aliphatic carbocycles. The maximum atomic E-state index is 13.7. The zero-order valence-electron chi connectivity index (χ0n) is 13.6. The molecule has 0 unspecified atom stereocenters. The van der Waals surface area contributed by atoms with Crippen LogP contribution in [0.5, 0.6) is 0 Å². The second kappa shape index (κ2) is 7.25. The van der Waals surface area contributed by atoms with Gasteiger partial charge in [-0.15, -0.1) is 0 Å². The minimum Gasteiger partial charge on any atom is -0.380 e. The van der Waals surface area contributed by atoms with E-state index in [4.69, 9.17) is 0 Å². The maximum absolute atomic E-state index is 13.7. The Morgan fingerprint density at radius 2 is 2.04 bits per heavy atom. The quantitative estimate of drug-likeness (QED) is 0.899. The predicted molar refractivity (Wildman–Crippen MR) is 93.7 cm³/mol. The molecule has 1 aliphatic rings. The van der Waals surface area contributed by atoms with Crippen LogP contribution in [0.3, 0.4) is 0 Å². The Labute approximate surface area is 140 Å². The average molecular weight is 334 g/mol. The number of rotatable bonds is 5. The average Bonchev–Trinajstić information content (AvgIpc) is 2.98. The zero-order chi connectivity index (χ0) is 16.2. The molecule has 0 amide bonds. The third kappa shape index (κ3) is 4.19. The zero-order valence-corrected chi connectivity index (χ0v) is 14.4. The number of aromatic nitrogens is 2. The fourth-order valence-corrected chi connectivity index (χ4v) is 3.58. The molecule has 1 aliphatic heterocycles. The lowest BCUT2D eigenvalue weighted by atomic mass is 10.1. The van der Waals surface area contributed by atoms with E-state index in [0.717, 1.165) is 43.3 Å². The molecule has 0 radical (unpaired) electrons. The van der Waals surface area contributed by atoms with Crippen molar-refractivity contribution in [2.75, 3.05) is 23.3 Å². The summed E-state index contributed by atoms with van der Waals surface area (Å²) in [5.74, 6) is 1.34. The molecule has 2 aromatic rings. The van der Waals surface area contributed by atoms with Gasteiger partial charge >= 0.3 is 0 Å². The molecule has 23 heavy (non-hydrogen) atoms. The summed E-state index contributed by atoms with van der Waals surface area (Å²) in [6.45, 7) is 6.23. The number of anilines is 2. The Bertz CT molecular complexity index is 635. The highest BCUT2D eigenvalue weighted by Gasteiger charge is 2.22. The monoisotopic (exact) mass is 334 g/mol. The van der Waals surface area contributed by atoms with Crippen LogP contribution in [-0.4, -0.2) is 28.5 Å². The molecule has 124 valence electrons. The van der Waals surface area contributed by atoms with E-state index in [1.807, 2.05) is 6.07 Å². The first-order chi connectivity index (χ1) is 11.1. The molecule has 6 heteroatoms. The Morgan fingerprint density at radius 1 is 1.30 bits per heavy atom. The Hall–Kier alpha value is -1.69. The fourth-order valence-electron chi connectivity index (χ4n) is 2.83. The summed E-state index contributed by atoms with van der Waals surface area (Å²) in [6, 6.07) is 7.18. The number of benzene rings is 1.